The Bertz CT molecular complexity index is 618. The van der Waals surface area contributed by atoms with E-state index in [9.17, 15) is 4.79 Å². The van der Waals surface area contributed by atoms with Crippen molar-refractivity contribution < 1.29 is 4.79 Å². The number of hydrogen-bond acceptors (Lipinski definition) is 4. The van der Waals surface area contributed by atoms with E-state index in [1.165, 1.54) is 11.8 Å². The summed E-state index contributed by atoms with van der Waals surface area (Å²) in [6, 6.07) is 6.90. The maximum atomic E-state index is 12.0. The molecule has 0 saturated heterocycles. The molecular formula is C15H15ClN2OS. The Balaban J connectivity index is 2.05. The Labute approximate surface area is 127 Å². The second-order valence-electron chi connectivity index (χ2n) is 4.52. The number of aromatic nitrogens is 2. The molecule has 0 radical (unpaired) electrons. The van der Waals surface area contributed by atoms with Crippen LogP contribution in [0.15, 0.2) is 29.4 Å². The largest absolute Gasteiger partial charge is 0.293 e. The molecule has 0 unspecified atom stereocenters. The van der Waals surface area contributed by atoms with Crippen LogP contribution in [0.25, 0.3) is 0 Å². The fraction of sp³-hybridized carbons (Fsp3) is 0.267. The van der Waals surface area contributed by atoms with E-state index in [2.05, 4.69) is 9.97 Å². The third-order valence-electron chi connectivity index (χ3n) is 3.11. The smallest absolute Gasteiger partial charge is 0.188 e. The molecule has 3 nitrogen and oxygen atoms in total. The summed E-state index contributed by atoms with van der Waals surface area (Å²) in [5.74, 6) is 0.370. The van der Waals surface area contributed by atoms with Gasteiger partial charge in [0.15, 0.2) is 10.9 Å². The molecule has 0 spiro atoms. The van der Waals surface area contributed by atoms with Crippen LogP contribution in [-0.2, 0) is 0 Å². The van der Waals surface area contributed by atoms with E-state index in [1.54, 1.807) is 24.3 Å². The summed E-state index contributed by atoms with van der Waals surface area (Å²) in [6.45, 7) is 5.90. The van der Waals surface area contributed by atoms with Gasteiger partial charge in [-0.3, -0.25) is 4.79 Å². The summed E-state index contributed by atoms with van der Waals surface area (Å²) in [6.07, 6.45) is 0. The molecule has 1 heterocycles. The average molecular weight is 307 g/mol. The van der Waals surface area contributed by atoms with Crippen molar-refractivity contribution in [3.05, 3.63) is 51.8 Å². The lowest BCUT2D eigenvalue weighted by Crippen LogP contribution is -2.04. The molecule has 0 aliphatic carbocycles. The van der Waals surface area contributed by atoms with Crippen LogP contribution in [-0.4, -0.2) is 21.5 Å². The second kappa shape index (κ2) is 6.37. The summed E-state index contributed by atoms with van der Waals surface area (Å²) < 4.78 is 0. The number of ketones is 1. The molecule has 2 rings (SSSR count). The maximum Gasteiger partial charge on any atom is 0.188 e. The van der Waals surface area contributed by atoms with Crippen molar-refractivity contribution in [3.63, 3.8) is 0 Å². The van der Waals surface area contributed by atoms with Gasteiger partial charge >= 0.3 is 0 Å². The Kier molecular flexibility index (Phi) is 4.78. The zero-order valence-corrected chi connectivity index (χ0v) is 13.2. The van der Waals surface area contributed by atoms with Gasteiger partial charge in [-0.15, -0.1) is 0 Å². The fourth-order valence-corrected chi connectivity index (χ4v) is 2.61. The standard InChI is InChI=1S/C15H15ClN2OS/c1-9-10(2)17-15(18-11(9)3)20-8-14(19)12-4-6-13(16)7-5-12/h4-7H,8H2,1-3H3. The Morgan fingerprint density at radius 2 is 1.65 bits per heavy atom. The number of Topliss-reactive ketones (excluding diaryl/α,β-unsaturated/α-hetero) is 1. The van der Waals surface area contributed by atoms with Crippen molar-refractivity contribution in [3.8, 4) is 0 Å². The molecule has 0 amide bonds. The Morgan fingerprint density at radius 3 is 2.20 bits per heavy atom. The number of nitrogens with zero attached hydrogens (tertiary/aromatic N) is 2. The molecule has 0 saturated carbocycles. The van der Waals surface area contributed by atoms with Crippen LogP contribution in [0.3, 0.4) is 0 Å². The number of halogens is 1. The molecule has 5 heteroatoms. The third kappa shape index (κ3) is 3.58. The monoisotopic (exact) mass is 306 g/mol. The number of carbonyl (C=O) groups is 1. The molecule has 0 atom stereocenters. The lowest BCUT2D eigenvalue weighted by molar-refractivity contribution is 0.102. The van der Waals surface area contributed by atoms with Crippen LogP contribution < -0.4 is 0 Å². The van der Waals surface area contributed by atoms with Gasteiger partial charge in [-0.05, 0) is 50.6 Å². The summed E-state index contributed by atoms with van der Waals surface area (Å²) in [4.78, 5) is 20.8. The highest BCUT2D eigenvalue weighted by atomic mass is 35.5. The molecule has 0 aliphatic heterocycles. The number of aryl methyl sites for hydroxylation is 2. The first kappa shape index (κ1) is 15.0. The van der Waals surface area contributed by atoms with E-state index in [1.807, 2.05) is 20.8 Å². The normalized spacial score (nSPS) is 10.6. The average Bonchev–Trinajstić information content (AvgIpc) is 2.42. The van der Waals surface area contributed by atoms with Crippen LogP contribution in [0.2, 0.25) is 5.02 Å². The second-order valence-corrected chi connectivity index (χ2v) is 5.90. The van der Waals surface area contributed by atoms with Crippen molar-refractivity contribution in [2.24, 2.45) is 0 Å². The molecule has 0 fully saturated rings. The van der Waals surface area contributed by atoms with Gasteiger partial charge in [-0.2, -0.15) is 0 Å². The minimum atomic E-state index is 0.0474. The van der Waals surface area contributed by atoms with Gasteiger partial charge in [0.2, 0.25) is 0 Å². The predicted molar refractivity (Wildman–Crippen MR) is 82.7 cm³/mol. The van der Waals surface area contributed by atoms with Gasteiger partial charge in [0.05, 0.1) is 5.75 Å². The molecule has 104 valence electrons. The van der Waals surface area contributed by atoms with E-state index in [0.717, 1.165) is 17.0 Å². The lowest BCUT2D eigenvalue weighted by Gasteiger charge is -2.06. The zero-order chi connectivity index (χ0) is 14.7. The lowest BCUT2D eigenvalue weighted by atomic mass is 10.1. The molecule has 20 heavy (non-hydrogen) atoms. The van der Waals surface area contributed by atoms with Gasteiger partial charge < -0.3 is 0 Å². The predicted octanol–water partition coefficient (Wildman–Crippen LogP) is 4.03. The number of hydrogen-bond donors (Lipinski definition) is 0. The van der Waals surface area contributed by atoms with Crippen molar-refractivity contribution >= 4 is 29.1 Å². The highest BCUT2D eigenvalue weighted by Crippen LogP contribution is 2.19. The van der Waals surface area contributed by atoms with Gasteiger partial charge in [0.25, 0.3) is 0 Å². The summed E-state index contributed by atoms with van der Waals surface area (Å²) in [5, 5.41) is 1.27. The van der Waals surface area contributed by atoms with E-state index >= 15 is 0 Å². The fourth-order valence-electron chi connectivity index (χ4n) is 1.66. The molecule has 0 aliphatic rings. The van der Waals surface area contributed by atoms with Crippen molar-refractivity contribution in [2.45, 2.75) is 25.9 Å². The highest BCUT2D eigenvalue weighted by molar-refractivity contribution is 7.99. The molecule has 1 aromatic carbocycles. The third-order valence-corrected chi connectivity index (χ3v) is 4.21. The molecule has 1 aromatic heterocycles. The van der Waals surface area contributed by atoms with E-state index in [4.69, 9.17) is 11.6 Å². The zero-order valence-electron chi connectivity index (χ0n) is 11.6. The molecule has 0 N–H and O–H groups in total. The van der Waals surface area contributed by atoms with Crippen molar-refractivity contribution in [2.75, 3.05) is 5.75 Å². The molecule has 0 bridgehead atoms. The first-order chi connectivity index (χ1) is 9.47. The van der Waals surface area contributed by atoms with Crippen molar-refractivity contribution in [1.82, 2.24) is 9.97 Å². The Morgan fingerprint density at radius 1 is 1.10 bits per heavy atom. The maximum absolute atomic E-state index is 12.0. The van der Waals surface area contributed by atoms with E-state index in [-0.39, 0.29) is 5.78 Å². The number of thioether (sulfide) groups is 1. The summed E-state index contributed by atoms with van der Waals surface area (Å²) in [7, 11) is 0. The molecular weight excluding hydrogens is 292 g/mol. The van der Waals surface area contributed by atoms with Crippen LogP contribution in [0.4, 0.5) is 0 Å². The van der Waals surface area contributed by atoms with E-state index < -0.39 is 0 Å². The van der Waals surface area contributed by atoms with Crippen LogP contribution >= 0.6 is 23.4 Å². The van der Waals surface area contributed by atoms with Gasteiger partial charge in [-0.1, -0.05) is 23.4 Å². The van der Waals surface area contributed by atoms with Gasteiger partial charge in [0.1, 0.15) is 0 Å². The SMILES string of the molecule is Cc1nc(SCC(=O)c2ccc(Cl)cc2)nc(C)c1C. The minimum Gasteiger partial charge on any atom is -0.293 e. The van der Waals surface area contributed by atoms with Crippen LogP contribution in [0, 0.1) is 20.8 Å². The number of carbonyl (C=O) groups excluding carboxylic acids is 1. The quantitative estimate of drug-likeness (QED) is 0.486. The summed E-state index contributed by atoms with van der Waals surface area (Å²) >= 11 is 7.16. The first-order valence-electron chi connectivity index (χ1n) is 6.21. The minimum absolute atomic E-state index is 0.0474. The van der Waals surface area contributed by atoms with E-state index in [0.29, 0.717) is 21.5 Å². The molecule has 2 aromatic rings. The van der Waals surface area contributed by atoms with Gasteiger partial charge in [-0.25, -0.2) is 9.97 Å². The highest BCUT2D eigenvalue weighted by Gasteiger charge is 2.10. The number of benzene rings is 1. The van der Waals surface area contributed by atoms with Crippen LogP contribution in [0.5, 0.6) is 0 Å². The number of rotatable bonds is 4. The Hall–Kier alpha value is -1.39. The van der Waals surface area contributed by atoms with Gasteiger partial charge in [0, 0.05) is 22.0 Å². The van der Waals surface area contributed by atoms with Crippen molar-refractivity contribution in [1.29, 1.82) is 0 Å². The topological polar surface area (TPSA) is 42.9 Å². The summed E-state index contributed by atoms with van der Waals surface area (Å²) in [5.41, 5.74) is 3.67. The van der Waals surface area contributed by atoms with Crippen LogP contribution in [0.1, 0.15) is 27.3 Å². The first-order valence-corrected chi connectivity index (χ1v) is 7.57.